The number of fused-ring (bicyclic) bond motifs is 1. The molecular formula is C17H22N4. The zero-order chi connectivity index (χ0) is 14.2. The van der Waals surface area contributed by atoms with Crippen LogP contribution in [0.3, 0.4) is 0 Å². The minimum atomic E-state index is 0.669. The second-order valence-corrected chi connectivity index (χ2v) is 6.40. The fourth-order valence-corrected chi connectivity index (χ4v) is 3.83. The van der Waals surface area contributed by atoms with Crippen molar-refractivity contribution < 1.29 is 0 Å². The normalized spacial score (nSPS) is 18.1. The summed E-state index contributed by atoms with van der Waals surface area (Å²) in [5.74, 6) is 2.49. The molecule has 0 atom stereocenters. The van der Waals surface area contributed by atoms with Gasteiger partial charge in [0.05, 0.1) is 0 Å². The van der Waals surface area contributed by atoms with Crippen molar-refractivity contribution in [2.75, 3.05) is 5.32 Å². The molecule has 0 aromatic carbocycles. The lowest BCUT2D eigenvalue weighted by molar-refractivity contribution is 0.693. The van der Waals surface area contributed by atoms with Gasteiger partial charge in [-0.2, -0.15) is 5.10 Å². The van der Waals surface area contributed by atoms with Gasteiger partial charge < -0.3 is 5.32 Å². The van der Waals surface area contributed by atoms with Gasteiger partial charge in [-0.25, -0.2) is 4.98 Å². The second-order valence-electron chi connectivity index (χ2n) is 6.40. The van der Waals surface area contributed by atoms with E-state index in [1.807, 2.05) is 0 Å². The third-order valence-electron chi connectivity index (χ3n) is 4.95. The highest BCUT2D eigenvalue weighted by Crippen LogP contribution is 2.34. The molecule has 0 saturated heterocycles. The molecule has 0 spiro atoms. The number of aryl methyl sites for hydroxylation is 2. The first-order valence-corrected chi connectivity index (χ1v) is 8.11. The van der Waals surface area contributed by atoms with E-state index in [4.69, 9.17) is 0 Å². The third kappa shape index (κ3) is 2.43. The fourth-order valence-electron chi connectivity index (χ4n) is 3.83. The van der Waals surface area contributed by atoms with Crippen LogP contribution in [0.2, 0.25) is 0 Å². The van der Waals surface area contributed by atoms with E-state index in [1.54, 1.807) is 0 Å². The summed E-state index contributed by atoms with van der Waals surface area (Å²) in [6.45, 7) is 2.11. The summed E-state index contributed by atoms with van der Waals surface area (Å²) in [5.41, 5.74) is 5.35. The van der Waals surface area contributed by atoms with Gasteiger partial charge >= 0.3 is 0 Å². The largest absolute Gasteiger partial charge is 0.323 e. The molecule has 2 aromatic rings. The Balaban J connectivity index is 1.54. The van der Waals surface area contributed by atoms with E-state index in [9.17, 15) is 0 Å². The molecule has 1 fully saturated rings. The Morgan fingerprint density at radius 2 is 1.95 bits per heavy atom. The molecule has 0 bridgehead atoms. The highest BCUT2D eigenvalue weighted by atomic mass is 15.2. The predicted octanol–water partition coefficient (Wildman–Crippen LogP) is 4.00. The summed E-state index contributed by atoms with van der Waals surface area (Å²) >= 11 is 0. The van der Waals surface area contributed by atoms with Gasteiger partial charge in [0.2, 0.25) is 0 Å². The van der Waals surface area contributed by atoms with Gasteiger partial charge in [-0.3, -0.25) is 5.10 Å². The zero-order valence-electron chi connectivity index (χ0n) is 12.6. The van der Waals surface area contributed by atoms with Crippen molar-refractivity contribution in [3.8, 4) is 0 Å². The van der Waals surface area contributed by atoms with Crippen LogP contribution in [0.5, 0.6) is 0 Å². The molecule has 0 amide bonds. The fraction of sp³-hybridized carbons (Fsp3) is 0.529. The van der Waals surface area contributed by atoms with E-state index < -0.39 is 0 Å². The average molecular weight is 282 g/mol. The van der Waals surface area contributed by atoms with E-state index in [0.717, 1.165) is 11.6 Å². The Morgan fingerprint density at radius 1 is 1.10 bits per heavy atom. The smallest absolute Gasteiger partial charge is 0.153 e. The number of rotatable bonds is 3. The molecule has 0 unspecified atom stereocenters. The molecule has 1 saturated carbocycles. The molecule has 21 heavy (non-hydrogen) atoms. The quantitative estimate of drug-likeness (QED) is 0.894. The van der Waals surface area contributed by atoms with E-state index in [2.05, 4.69) is 39.6 Å². The number of nitrogens with zero attached hydrogens (tertiary/aromatic N) is 2. The van der Waals surface area contributed by atoms with Crippen LogP contribution in [0.4, 0.5) is 11.6 Å². The molecule has 4 nitrogen and oxygen atoms in total. The van der Waals surface area contributed by atoms with Gasteiger partial charge in [0, 0.05) is 23.4 Å². The van der Waals surface area contributed by atoms with Gasteiger partial charge in [-0.15, -0.1) is 0 Å². The van der Waals surface area contributed by atoms with E-state index >= 15 is 0 Å². The van der Waals surface area contributed by atoms with Crippen molar-refractivity contribution in [3.63, 3.8) is 0 Å². The molecule has 4 rings (SSSR count). The number of H-pyrrole nitrogens is 1. The van der Waals surface area contributed by atoms with Crippen molar-refractivity contribution in [1.29, 1.82) is 0 Å². The van der Waals surface area contributed by atoms with Gasteiger partial charge in [-0.05, 0) is 56.2 Å². The lowest BCUT2D eigenvalue weighted by Crippen LogP contribution is -1.99. The van der Waals surface area contributed by atoms with E-state index in [1.165, 1.54) is 67.5 Å². The minimum absolute atomic E-state index is 0.669. The molecule has 2 N–H and O–H groups in total. The topological polar surface area (TPSA) is 53.6 Å². The molecule has 0 aliphatic heterocycles. The zero-order valence-corrected chi connectivity index (χ0v) is 12.6. The number of anilines is 2. The maximum absolute atomic E-state index is 4.68. The minimum Gasteiger partial charge on any atom is -0.323 e. The van der Waals surface area contributed by atoms with Crippen LogP contribution >= 0.6 is 0 Å². The number of aromatic amines is 1. The van der Waals surface area contributed by atoms with Crippen molar-refractivity contribution >= 4 is 11.6 Å². The van der Waals surface area contributed by atoms with Crippen LogP contribution in [-0.2, 0) is 12.8 Å². The Bertz CT molecular complexity index is 653. The third-order valence-corrected chi connectivity index (χ3v) is 4.95. The van der Waals surface area contributed by atoms with Crippen LogP contribution in [0, 0.1) is 6.92 Å². The molecular weight excluding hydrogens is 260 g/mol. The van der Waals surface area contributed by atoms with E-state index in [-0.39, 0.29) is 0 Å². The van der Waals surface area contributed by atoms with Gasteiger partial charge in [0.15, 0.2) is 5.82 Å². The number of aromatic nitrogens is 3. The number of nitrogens with one attached hydrogen (secondary N) is 2. The summed E-state index contributed by atoms with van der Waals surface area (Å²) in [7, 11) is 0. The van der Waals surface area contributed by atoms with Crippen molar-refractivity contribution in [1.82, 2.24) is 15.2 Å². The highest BCUT2D eigenvalue weighted by molar-refractivity contribution is 5.55. The van der Waals surface area contributed by atoms with E-state index in [0.29, 0.717) is 5.92 Å². The predicted molar refractivity (Wildman–Crippen MR) is 84.1 cm³/mol. The Morgan fingerprint density at radius 3 is 2.81 bits per heavy atom. The lowest BCUT2D eigenvalue weighted by atomic mass is 10.0. The van der Waals surface area contributed by atoms with Gasteiger partial charge in [0.25, 0.3) is 0 Å². The number of pyridine rings is 1. The van der Waals surface area contributed by atoms with Crippen LogP contribution in [0.15, 0.2) is 12.1 Å². The SMILES string of the molecule is Cc1nc(Nc2cc(C3CCCC3)[nH]n2)cc2c1CCC2. The maximum Gasteiger partial charge on any atom is 0.153 e. The summed E-state index contributed by atoms with van der Waals surface area (Å²) in [4.78, 5) is 4.68. The Kier molecular flexibility index (Phi) is 3.17. The first kappa shape index (κ1) is 12.9. The summed E-state index contributed by atoms with van der Waals surface area (Å²) in [6, 6.07) is 4.35. The van der Waals surface area contributed by atoms with Gasteiger partial charge in [-0.1, -0.05) is 12.8 Å². The standard InChI is InChI=1S/C17H22N4/c1-11-14-8-4-7-13(14)9-16(18-11)19-17-10-15(20-21-17)12-5-2-3-6-12/h9-10,12H,2-8H2,1H3,(H2,18,19,20,21). The molecule has 2 heterocycles. The summed E-state index contributed by atoms with van der Waals surface area (Å²) in [5, 5.41) is 11.0. The lowest BCUT2D eigenvalue weighted by Gasteiger charge is -2.08. The first-order chi connectivity index (χ1) is 10.3. The van der Waals surface area contributed by atoms with Crippen molar-refractivity contribution in [3.05, 3.63) is 34.6 Å². The molecule has 4 heteroatoms. The average Bonchev–Trinajstić information content (AvgIpc) is 3.19. The van der Waals surface area contributed by atoms with Crippen LogP contribution in [-0.4, -0.2) is 15.2 Å². The Hall–Kier alpha value is -1.84. The summed E-state index contributed by atoms with van der Waals surface area (Å²) in [6.07, 6.45) is 8.89. The molecule has 2 aliphatic rings. The molecule has 2 aliphatic carbocycles. The highest BCUT2D eigenvalue weighted by Gasteiger charge is 2.20. The van der Waals surface area contributed by atoms with Gasteiger partial charge in [0.1, 0.15) is 5.82 Å². The molecule has 2 aromatic heterocycles. The van der Waals surface area contributed by atoms with Crippen molar-refractivity contribution in [2.45, 2.75) is 57.8 Å². The van der Waals surface area contributed by atoms with Crippen molar-refractivity contribution in [2.24, 2.45) is 0 Å². The molecule has 0 radical (unpaired) electrons. The second kappa shape index (κ2) is 5.17. The maximum atomic E-state index is 4.68. The van der Waals surface area contributed by atoms with Crippen LogP contribution < -0.4 is 5.32 Å². The molecule has 110 valence electrons. The van der Waals surface area contributed by atoms with Crippen LogP contribution in [0.25, 0.3) is 0 Å². The number of hydrogen-bond acceptors (Lipinski definition) is 3. The Labute approximate surface area is 125 Å². The monoisotopic (exact) mass is 282 g/mol. The number of hydrogen-bond donors (Lipinski definition) is 2. The first-order valence-electron chi connectivity index (χ1n) is 8.11. The summed E-state index contributed by atoms with van der Waals surface area (Å²) < 4.78 is 0. The van der Waals surface area contributed by atoms with Crippen LogP contribution in [0.1, 0.15) is 60.5 Å².